The van der Waals surface area contributed by atoms with Gasteiger partial charge in [-0.15, -0.1) is 11.8 Å². The molecule has 0 aromatic heterocycles. The van der Waals surface area contributed by atoms with Gasteiger partial charge in [-0.25, -0.2) is 9.38 Å². The molecule has 6 heteroatoms. The first-order valence-corrected chi connectivity index (χ1v) is 8.67. The topological polar surface area (TPSA) is 58.6 Å². The lowest BCUT2D eigenvalue weighted by Gasteiger charge is -2.26. The molecule has 0 spiro atoms. The Bertz CT molecular complexity index is 847. The van der Waals surface area contributed by atoms with Crippen molar-refractivity contribution in [2.24, 2.45) is 10.7 Å². The SMILES string of the molecule is CC(C)(C)Sc1ccc(F)c(C2(O)C(N)=Nc3ccc(Cl)cc32)c1. The highest BCUT2D eigenvalue weighted by Crippen LogP contribution is 2.45. The van der Waals surface area contributed by atoms with Gasteiger partial charge in [-0.1, -0.05) is 32.4 Å². The minimum absolute atomic E-state index is 0.0474. The Kier molecular flexibility index (Phi) is 4.14. The average molecular weight is 365 g/mol. The van der Waals surface area contributed by atoms with Gasteiger partial charge in [0, 0.05) is 25.8 Å². The molecular weight excluding hydrogens is 347 g/mol. The first kappa shape index (κ1) is 17.3. The van der Waals surface area contributed by atoms with Crippen molar-refractivity contribution < 1.29 is 9.50 Å². The summed E-state index contributed by atoms with van der Waals surface area (Å²) in [4.78, 5) is 5.02. The maximum atomic E-state index is 14.6. The fourth-order valence-corrected chi connectivity index (χ4v) is 3.92. The zero-order valence-corrected chi connectivity index (χ0v) is 15.2. The summed E-state index contributed by atoms with van der Waals surface area (Å²) in [6, 6.07) is 9.56. The van der Waals surface area contributed by atoms with Crippen LogP contribution in [0.2, 0.25) is 5.02 Å². The van der Waals surface area contributed by atoms with Crippen molar-refractivity contribution in [2.75, 3.05) is 0 Å². The van der Waals surface area contributed by atoms with E-state index >= 15 is 0 Å². The number of amidine groups is 1. The normalized spacial score (nSPS) is 20.0. The van der Waals surface area contributed by atoms with Gasteiger partial charge in [-0.3, -0.25) is 0 Å². The van der Waals surface area contributed by atoms with E-state index in [1.54, 1.807) is 42.1 Å². The maximum absolute atomic E-state index is 14.6. The Morgan fingerprint density at radius 2 is 1.88 bits per heavy atom. The average Bonchev–Trinajstić information content (AvgIpc) is 2.72. The molecule has 2 aromatic rings. The molecule has 1 aliphatic rings. The Morgan fingerprint density at radius 3 is 2.54 bits per heavy atom. The van der Waals surface area contributed by atoms with E-state index < -0.39 is 11.4 Å². The van der Waals surface area contributed by atoms with Crippen LogP contribution in [0.25, 0.3) is 0 Å². The minimum Gasteiger partial charge on any atom is -0.384 e. The Morgan fingerprint density at radius 1 is 1.17 bits per heavy atom. The lowest BCUT2D eigenvalue weighted by molar-refractivity contribution is 0.153. The molecule has 0 saturated carbocycles. The van der Waals surface area contributed by atoms with Crippen LogP contribution in [0.3, 0.4) is 0 Å². The molecule has 3 rings (SSSR count). The van der Waals surface area contributed by atoms with Crippen LogP contribution in [0.1, 0.15) is 31.9 Å². The van der Waals surface area contributed by atoms with E-state index in [0.717, 1.165) is 4.90 Å². The Hall–Kier alpha value is -1.56. The summed E-state index contributed by atoms with van der Waals surface area (Å²) in [5.74, 6) is -0.599. The highest BCUT2D eigenvalue weighted by Gasteiger charge is 2.44. The zero-order valence-electron chi connectivity index (χ0n) is 13.6. The summed E-state index contributed by atoms with van der Waals surface area (Å²) in [6.45, 7) is 6.20. The van der Waals surface area contributed by atoms with Crippen LogP contribution in [0.5, 0.6) is 0 Å². The van der Waals surface area contributed by atoms with E-state index in [9.17, 15) is 9.50 Å². The number of aliphatic imine (C=N–C) groups is 1. The molecule has 24 heavy (non-hydrogen) atoms. The summed E-state index contributed by atoms with van der Waals surface area (Å²) in [7, 11) is 0. The van der Waals surface area contributed by atoms with Gasteiger partial charge in [0.15, 0.2) is 5.60 Å². The molecule has 0 amide bonds. The van der Waals surface area contributed by atoms with Gasteiger partial charge in [0.2, 0.25) is 0 Å². The number of hydrogen-bond donors (Lipinski definition) is 2. The van der Waals surface area contributed by atoms with Crippen LogP contribution in [-0.4, -0.2) is 15.7 Å². The third kappa shape index (κ3) is 2.92. The van der Waals surface area contributed by atoms with Gasteiger partial charge >= 0.3 is 0 Å². The van der Waals surface area contributed by atoms with Crippen LogP contribution >= 0.6 is 23.4 Å². The predicted molar refractivity (Wildman–Crippen MR) is 97.7 cm³/mol. The first-order chi connectivity index (χ1) is 11.1. The second-order valence-electron chi connectivity index (χ2n) is 6.73. The van der Waals surface area contributed by atoms with Gasteiger partial charge in [0.1, 0.15) is 11.7 Å². The summed E-state index contributed by atoms with van der Waals surface area (Å²) < 4.78 is 14.5. The smallest absolute Gasteiger partial charge is 0.177 e. The summed E-state index contributed by atoms with van der Waals surface area (Å²) in [5.41, 5.74) is 5.12. The number of benzene rings is 2. The monoisotopic (exact) mass is 364 g/mol. The number of hydrogen-bond acceptors (Lipinski definition) is 4. The van der Waals surface area contributed by atoms with Crippen LogP contribution < -0.4 is 5.73 Å². The van der Waals surface area contributed by atoms with Crippen molar-refractivity contribution in [1.29, 1.82) is 0 Å². The maximum Gasteiger partial charge on any atom is 0.177 e. The summed E-state index contributed by atoms with van der Waals surface area (Å²) in [5, 5.41) is 11.7. The molecule has 0 saturated heterocycles. The predicted octanol–water partition coefficient (Wildman–Crippen LogP) is 4.61. The molecule has 1 unspecified atom stereocenters. The Labute approximate surface area is 149 Å². The molecule has 0 aliphatic carbocycles. The van der Waals surface area contributed by atoms with Crippen LogP contribution in [0, 0.1) is 5.82 Å². The van der Waals surface area contributed by atoms with E-state index in [-0.39, 0.29) is 16.1 Å². The largest absolute Gasteiger partial charge is 0.384 e. The third-order valence-corrected chi connectivity index (χ3v) is 5.05. The standard InChI is InChI=1S/C18H18ClFN2OS/c1-17(2,3)24-11-5-6-14(20)12(9-11)18(23)13-8-10(19)4-7-15(13)22-16(18)21/h4-9,23H,1-3H3,(H2,21,22). The molecule has 1 heterocycles. The molecule has 2 aromatic carbocycles. The van der Waals surface area contributed by atoms with Crippen molar-refractivity contribution >= 4 is 34.9 Å². The second kappa shape index (κ2) is 5.76. The molecule has 0 bridgehead atoms. The van der Waals surface area contributed by atoms with Crippen molar-refractivity contribution in [3.63, 3.8) is 0 Å². The number of halogens is 2. The van der Waals surface area contributed by atoms with E-state index in [0.29, 0.717) is 16.3 Å². The number of thioether (sulfide) groups is 1. The summed E-state index contributed by atoms with van der Waals surface area (Å²) >= 11 is 7.63. The molecule has 3 nitrogen and oxygen atoms in total. The molecule has 126 valence electrons. The van der Waals surface area contributed by atoms with E-state index in [1.807, 2.05) is 0 Å². The van der Waals surface area contributed by atoms with Crippen molar-refractivity contribution in [2.45, 2.75) is 36.0 Å². The molecule has 3 N–H and O–H groups in total. The second-order valence-corrected chi connectivity index (χ2v) is 9.06. The van der Waals surface area contributed by atoms with Gasteiger partial charge < -0.3 is 10.8 Å². The fraction of sp³-hybridized carbons (Fsp3) is 0.278. The fourth-order valence-electron chi connectivity index (χ4n) is 2.73. The number of rotatable bonds is 2. The molecular formula is C18H18ClFN2OS. The van der Waals surface area contributed by atoms with Crippen LogP contribution in [0.15, 0.2) is 46.3 Å². The van der Waals surface area contributed by atoms with E-state index in [1.165, 1.54) is 6.07 Å². The zero-order chi connectivity index (χ0) is 17.7. The van der Waals surface area contributed by atoms with Crippen molar-refractivity contribution in [3.05, 3.63) is 58.4 Å². The van der Waals surface area contributed by atoms with Gasteiger partial charge in [-0.05, 0) is 36.4 Å². The quantitative estimate of drug-likeness (QED) is 0.765. The number of aliphatic hydroxyl groups is 1. The van der Waals surface area contributed by atoms with Crippen LogP contribution in [0.4, 0.5) is 10.1 Å². The highest BCUT2D eigenvalue weighted by atomic mass is 35.5. The first-order valence-electron chi connectivity index (χ1n) is 7.47. The van der Waals surface area contributed by atoms with Gasteiger partial charge in [-0.2, -0.15) is 0 Å². The molecule has 1 atom stereocenters. The molecule has 1 aliphatic heterocycles. The lowest BCUT2D eigenvalue weighted by Crippen LogP contribution is -2.40. The van der Waals surface area contributed by atoms with Gasteiger partial charge in [0.25, 0.3) is 0 Å². The van der Waals surface area contributed by atoms with Crippen molar-refractivity contribution in [3.8, 4) is 0 Å². The third-order valence-electron chi connectivity index (χ3n) is 3.71. The minimum atomic E-state index is -1.82. The number of fused-ring (bicyclic) bond motifs is 1. The molecule has 0 fully saturated rings. The highest BCUT2D eigenvalue weighted by molar-refractivity contribution is 8.00. The van der Waals surface area contributed by atoms with E-state index in [4.69, 9.17) is 17.3 Å². The summed E-state index contributed by atoms with van der Waals surface area (Å²) in [6.07, 6.45) is 0. The number of nitrogens with zero attached hydrogens (tertiary/aromatic N) is 1. The van der Waals surface area contributed by atoms with E-state index in [2.05, 4.69) is 25.8 Å². The van der Waals surface area contributed by atoms with Gasteiger partial charge in [0.05, 0.1) is 5.69 Å². The Balaban J connectivity index is 2.17. The molecule has 0 radical (unpaired) electrons. The van der Waals surface area contributed by atoms with Crippen LogP contribution in [-0.2, 0) is 5.60 Å². The lowest BCUT2D eigenvalue weighted by atomic mass is 9.86. The number of nitrogens with two attached hydrogens (primary N) is 1. The van der Waals surface area contributed by atoms with Crippen molar-refractivity contribution in [1.82, 2.24) is 0 Å².